The highest BCUT2D eigenvalue weighted by Crippen LogP contribution is 2.32. The van der Waals surface area contributed by atoms with Crippen LogP contribution in [0.25, 0.3) is 11.1 Å². The van der Waals surface area contributed by atoms with E-state index in [1.54, 1.807) is 24.3 Å². The molecular weight excluding hydrogens is 326 g/mol. The summed E-state index contributed by atoms with van der Waals surface area (Å²) in [4.78, 5) is 10.8. The van der Waals surface area contributed by atoms with Crippen LogP contribution in [0.3, 0.4) is 0 Å². The first kappa shape index (κ1) is 16.0. The summed E-state index contributed by atoms with van der Waals surface area (Å²) >= 11 is 5.80. The maximum atomic E-state index is 11.9. The van der Waals surface area contributed by atoms with Crippen LogP contribution in [-0.2, 0) is 10.0 Å². The van der Waals surface area contributed by atoms with Crippen LogP contribution < -0.4 is 5.14 Å². The van der Waals surface area contributed by atoms with Gasteiger partial charge in [0.15, 0.2) is 0 Å². The smallest absolute Gasteiger partial charge is 0.337 e. The maximum absolute atomic E-state index is 11.9. The molecule has 3 N–H and O–H groups in total. The fraction of sp³-hybridized carbons (Fsp3) is 0. The minimum Gasteiger partial charge on any atom is -0.478 e. The zero-order chi connectivity index (χ0) is 16.5. The molecule has 0 bridgehead atoms. The second kappa shape index (κ2) is 5.81. The van der Waals surface area contributed by atoms with Gasteiger partial charge in [0, 0.05) is 10.6 Å². The van der Waals surface area contributed by atoms with E-state index in [-0.39, 0.29) is 16.7 Å². The molecule has 0 amide bonds. The van der Waals surface area contributed by atoms with Crippen molar-refractivity contribution in [1.29, 1.82) is 0 Å². The van der Waals surface area contributed by atoms with Gasteiger partial charge in [-0.3, -0.25) is 0 Å². The summed E-state index contributed by atoms with van der Waals surface area (Å²) < 4.78 is 23.8. The van der Waals surface area contributed by atoms with Crippen LogP contribution in [0.2, 0.25) is 5.02 Å². The Morgan fingerprint density at radius 3 is 2.23 bits per heavy atom. The first-order valence-corrected chi connectivity index (χ1v) is 7.83. The lowest BCUT2D eigenvalue weighted by Crippen LogP contribution is -2.17. The number of hydrogen-bond acceptors (Lipinski definition) is 3. The summed E-state index contributed by atoms with van der Waals surface area (Å²) in [6.45, 7) is 0. The first-order valence-electron chi connectivity index (χ1n) is 5.91. The Labute approximate surface area is 132 Å². The second-order valence-electron chi connectivity index (χ2n) is 4.37. The van der Waals surface area contributed by atoms with Gasteiger partial charge in [-0.05, 0) is 23.8 Å². The van der Waals surface area contributed by atoms with Crippen molar-refractivity contribution in [3.8, 4) is 23.5 Å². The van der Waals surface area contributed by atoms with Gasteiger partial charge in [-0.15, -0.1) is 6.42 Å². The monoisotopic (exact) mass is 335 g/mol. The number of carbonyl (C=O) groups is 1. The van der Waals surface area contributed by atoms with E-state index in [9.17, 15) is 13.2 Å². The predicted octanol–water partition coefficient (Wildman–Crippen LogP) is 2.33. The van der Waals surface area contributed by atoms with Gasteiger partial charge in [0.05, 0.1) is 11.1 Å². The van der Waals surface area contributed by atoms with Gasteiger partial charge in [-0.25, -0.2) is 18.4 Å². The SMILES string of the molecule is C#Cc1c(C(=O)O)ccc(-c2ccc(Cl)cc2)c1S(N)(=O)=O. The quantitative estimate of drug-likeness (QED) is 0.841. The third-order valence-electron chi connectivity index (χ3n) is 2.97. The van der Waals surface area contributed by atoms with Crippen LogP contribution in [0.5, 0.6) is 0 Å². The van der Waals surface area contributed by atoms with E-state index in [0.29, 0.717) is 10.6 Å². The normalized spacial score (nSPS) is 11.0. The van der Waals surface area contributed by atoms with Crippen LogP contribution in [0, 0.1) is 12.3 Å². The molecule has 0 saturated carbocycles. The summed E-state index contributed by atoms with van der Waals surface area (Å²) in [6, 6.07) is 8.93. The van der Waals surface area contributed by atoms with Crippen molar-refractivity contribution in [2.45, 2.75) is 4.90 Å². The molecule has 0 spiro atoms. The molecule has 5 nitrogen and oxygen atoms in total. The first-order chi connectivity index (χ1) is 10.3. The van der Waals surface area contributed by atoms with E-state index in [0.717, 1.165) is 0 Å². The van der Waals surface area contributed by atoms with Gasteiger partial charge in [-0.2, -0.15) is 0 Å². The molecule has 0 atom stereocenters. The van der Waals surface area contributed by atoms with Crippen molar-refractivity contribution in [1.82, 2.24) is 0 Å². The number of hydrogen-bond donors (Lipinski definition) is 2. The van der Waals surface area contributed by atoms with Gasteiger partial charge in [0.25, 0.3) is 0 Å². The number of benzene rings is 2. The standard InChI is InChI=1S/C15H10ClNO4S/c1-2-11-13(15(18)19)8-7-12(14(11)22(17,20)21)9-3-5-10(16)6-4-9/h1,3-8H,(H,18,19)(H2,17,20,21). The van der Waals surface area contributed by atoms with E-state index >= 15 is 0 Å². The minimum absolute atomic E-state index is 0.220. The number of carboxylic acid groups (broad SMARTS) is 1. The minimum atomic E-state index is -4.23. The molecule has 0 aliphatic carbocycles. The molecule has 0 aliphatic rings. The molecular formula is C15H10ClNO4S. The third kappa shape index (κ3) is 2.97. The van der Waals surface area contributed by atoms with E-state index < -0.39 is 20.9 Å². The highest BCUT2D eigenvalue weighted by Gasteiger charge is 2.24. The average molecular weight is 336 g/mol. The van der Waals surface area contributed by atoms with Gasteiger partial charge in [0.1, 0.15) is 4.90 Å². The maximum Gasteiger partial charge on any atom is 0.337 e. The summed E-state index contributed by atoms with van der Waals surface area (Å²) in [5.41, 5.74) is 0.144. The van der Waals surface area contributed by atoms with Crippen molar-refractivity contribution in [2.24, 2.45) is 5.14 Å². The van der Waals surface area contributed by atoms with Crippen LogP contribution in [-0.4, -0.2) is 19.5 Å². The molecule has 7 heteroatoms. The third-order valence-corrected chi connectivity index (χ3v) is 4.22. The number of primary sulfonamides is 1. The molecule has 0 aromatic heterocycles. The summed E-state index contributed by atoms with van der Waals surface area (Å²) in [5, 5.41) is 14.8. The van der Waals surface area contributed by atoms with Gasteiger partial charge in [-0.1, -0.05) is 35.7 Å². The lowest BCUT2D eigenvalue weighted by Gasteiger charge is -2.12. The average Bonchev–Trinajstić information content (AvgIpc) is 2.45. The molecule has 2 rings (SSSR count). The lowest BCUT2D eigenvalue weighted by atomic mass is 9.99. The highest BCUT2D eigenvalue weighted by molar-refractivity contribution is 7.89. The number of halogens is 1. The van der Waals surface area contributed by atoms with Gasteiger partial charge in [0.2, 0.25) is 10.0 Å². The molecule has 2 aromatic carbocycles. The van der Waals surface area contributed by atoms with Crippen LogP contribution in [0.15, 0.2) is 41.3 Å². The molecule has 0 radical (unpaired) electrons. The second-order valence-corrected chi connectivity index (χ2v) is 6.30. The fourth-order valence-corrected chi connectivity index (χ4v) is 3.13. The number of carboxylic acids is 1. The summed E-state index contributed by atoms with van der Waals surface area (Å²) in [7, 11) is -4.23. The van der Waals surface area contributed by atoms with E-state index in [4.69, 9.17) is 28.3 Å². The predicted molar refractivity (Wildman–Crippen MR) is 83.2 cm³/mol. The molecule has 2 aromatic rings. The molecule has 0 unspecified atom stereocenters. The summed E-state index contributed by atoms with van der Waals surface area (Å²) in [5.74, 6) is 0.775. The van der Waals surface area contributed by atoms with Crippen molar-refractivity contribution < 1.29 is 18.3 Å². The van der Waals surface area contributed by atoms with E-state index in [2.05, 4.69) is 5.92 Å². The number of nitrogens with two attached hydrogens (primary N) is 1. The fourth-order valence-electron chi connectivity index (χ4n) is 2.06. The zero-order valence-corrected chi connectivity index (χ0v) is 12.6. The Morgan fingerprint density at radius 1 is 1.18 bits per heavy atom. The van der Waals surface area contributed by atoms with Crippen LogP contribution >= 0.6 is 11.6 Å². The van der Waals surface area contributed by atoms with Crippen LogP contribution in [0.4, 0.5) is 0 Å². The van der Waals surface area contributed by atoms with Crippen molar-refractivity contribution in [3.63, 3.8) is 0 Å². The molecule has 0 heterocycles. The van der Waals surface area contributed by atoms with Crippen molar-refractivity contribution >= 4 is 27.6 Å². The Morgan fingerprint density at radius 2 is 1.77 bits per heavy atom. The van der Waals surface area contributed by atoms with Gasteiger partial charge >= 0.3 is 5.97 Å². The van der Waals surface area contributed by atoms with Crippen molar-refractivity contribution in [2.75, 3.05) is 0 Å². The Balaban J connectivity index is 2.90. The molecule has 0 fully saturated rings. The van der Waals surface area contributed by atoms with Crippen molar-refractivity contribution in [3.05, 3.63) is 52.5 Å². The molecule has 0 aliphatic heterocycles. The molecule has 22 heavy (non-hydrogen) atoms. The Hall–Kier alpha value is -2.33. The number of rotatable bonds is 3. The topological polar surface area (TPSA) is 97.5 Å². The molecule has 0 saturated heterocycles. The van der Waals surface area contributed by atoms with Crippen LogP contribution in [0.1, 0.15) is 15.9 Å². The number of aromatic carboxylic acids is 1. The van der Waals surface area contributed by atoms with E-state index in [1.165, 1.54) is 12.1 Å². The molecule has 112 valence electrons. The summed E-state index contributed by atoms with van der Waals surface area (Å²) in [6.07, 6.45) is 5.30. The van der Waals surface area contributed by atoms with Gasteiger partial charge < -0.3 is 5.11 Å². The lowest BCUT2D eigenvalue weighted by molar-refractivity contribution is 0.0696. The Bertz CT molecular complexity index is 896. The number of terminal acetylenes is 1. The van der Waals surface area contributed by atoms with E-state index in [1.807, 2.05) is 0 Å². The number of sulfonamides is 1. The Kier molecular flexibility index (Phi) is 4.24. The highest BCUT2D eigenvalue weighted by atomic mass is 35.5. The largest absolute Gasteiger partial charge is 0.478 e. The zero-order valence-electron chi connectivity index (χ0n) is 11.1.